The first kappa shape index (κ1) is 7.26. The predicted octanol–water partition coefficient (Wildman–Crippen LogP) is 2.21. The standard InChI is InChI=1S/C9H6N2S/c10-5-7-6-11(12)9-4-2-1-3-8(7)9/h1-4,6,12H. The topological polar surface area (TPSA) is 28.7 Å². The molecule has 3 heteroatoms. The molecule has 0 aliphatic heterocycles. The maximum atomic E-state index is 8.75. The van der Waals surface area contributed by atoms with Crippen molar-refractivity contribution in [1.82, 2.24) is 3.97 Å². The van der Waals surface area contributed by atoms with Crippen LogP contribution in [0.5, 0.6) is 0 Å². The Balaban J connectivity index is 2.94. The van der Waals surface area contributed by atoms with Crippen LogP contribution >= 0.6 is 12.8 Å². The Kier molecular flexibility index (Phi) is 1.56. The molecular weight excluding hydrogens is 168 g/mol. The molecule has 1 heterocycles. The summed E-state index contributed by atoms with van der Waals surface area (Å²) in [5.74, 6) is 0. The Morgan fingerprint density at radius 3 is 2.83 bits per heavy atom. The molecule has 12 heavy (non-hydrogen) atoms. The summed E-state index contributed by atoms with van der Waals surface area (Å²) in [6.45, 7) is 0. The molecule has 0 unspecified atom stereocenters. The lowest BCUT2D eigenvalue weighted by atomic mass is 10.2. The van der Waals surface area contributed by atoms with E-state index in [9.17, 15) is 0 Å². The van der Waals surface area contributed by atoms with E-state index in [1.807, 2.05) is 24.3 Å². The zero-order chi connectivity index (χ0) is 8.55. The number of para-hydroxylation sites is 1. The summed E-state index contributed by atoms with van der Waals surface area (Å²) in [5.41, 5.74) is 1.64. The number of hydrogen-bond donors (Lipinski definition) is 1. The highest BCUT2D eigenvalue weighted by molar-refractivity contribution is 7.78. The largest absolute Gasteiger partial charge is 0.292 e. The van der Waals surface area contributed by atoms with E-state index in [4.69, 9.17) is 5.26 Å². The maximum absolute atomic E-state index is 8.75. The minimum atomic E-state index is 0.667. The van der Waals surface area contributed by atoms with Crippen LogP contribution in [0.3, 0.4) is 0 Å². The highest BCUT2D eigenvalue weighted by atomic mass is 32.1. The van der Waals surface area contributed by atoms with Crippen molar-refractivity contribution in [2.45, 2.75) is 0 Å². The minimum Gasteiger partial charge on any atom is -0.292 e. The van der Waals surface area contributed by atoms with Crippen molar-refractivity contribution in [2.24, 2.45) is 0 Å². The molecular formula is C9H6N2S. The van der Waals surface area contributed by atoms with E-state index < -0.39 is 0 Å². The Labute approximate surface area is 75.6 Å². The van der Waals surface area contributed by atoms with E-state index in [0.29, 0.717) is 5.56 Å². The number of hydrogen-bond acceptors (Lipinski definition) is 2. The van der Waals surface area contributed by atoms with Gasteiger partial charge >= 0.3 is 0 Å². The van der Waals surface area contributed by atoms with Crippen molar-refractivity contribution in [3.8, 4) is 6.07 Å². The first-order valence-electron chi connectivity index (χ1n) is 3.52. The fourth-order valence-electron chi connectivity index (χ4n) is 1.25. The third-order valence-corrected chi connectivity index (χ3v) is 2.14. The second kappa shape index (κ2) is 2.58. The smallest absolute Gasteiger partial charge is 0.101 e. The van der Waals surface area contributed by atoms with Crippen LogP contribution in [0.1, 0.15) is 5.56 Å². The van der Waals surface area contributed by atoms with E-state index >= 15 is 0 Å². The van der Waals surface area contributed by atoms with Gasteiger partial charge in [-0.2, -0.15) is 5.26 Å². The molecule has 0 fully saturated rings. The summed E-state index contributed by atoms with van der Waals surface area (Å²) in [5, 5.41) is 9.71. The van der Waals surface area contributed by atoms with E-state index in [2.05, 4.69) is 18.9 Å². The third kappa shape index (κ3) is 0.892. The molecule has 1 aromatic carbocycles. The van der Waals surface area contributed by atoms with Crippen molar-refractivity contribution < 1.29 is 0 Å². The molecule has 0 bridgehead atoms. The van der Waals surface area contributed by atoms with Gasteiger partial charge in [0.15, 0.2) is 0 Å². The van der Waals surface area contributed by atoms with Crippen LogP contribution in [-0.4, -0.2) is 3.97 Å². The van der Waals surface area contributed by atoms with E-state index in [1.165, 1.54) is 0 Å². The molecule has 2 aromatic rings. The van der Waals surface area contributed by atoms with Crippen LogP contribution in [0.4, 0.5) is 0 Å². The van der Waals surface area contributed by atoms with E-state index in [-0.39, 0.29) is 0 Å². The number of nitriles is 1. The molecule has 0 radical (unpaired) electrons. The monoisotopic (exact) mass is 174 g/mol. The fraction of sp³-hybridized carbons (Fsp3) is 0. The summed E-state index contributed by atoms with van der Waals surface area (Å²) in [4.78, 5) is 0. The van der Waals surface area contributed by atoms with Crippen molar-refractivity contribution in [3.63, 3.8) is 0 Å². The van der Waals surface area contributed by atoms with E-state index in [1.54, 1.807) is 10.2 Å². The van der Waals surface area contributed by atoms with Gasteiger partial charge < -0.3 is 0 Å². The van der Waals surface area contributed by atoms with Crippen LogP contribution in [-0.2, 0) is 0 Å². The van der Waals surface area contributed by atoms with Crippen LogP contribution < -0.4 is 0 Å². The lowest BCUT2D eigenvalue weighted by Gasteiger charge is -1.90. The summed E-state index contributed by atoms with van der Waals surface area (Å²) in [6.07, 6.45) is 1.72. The van der Waals surface area contributed by atoms with Gasteiger partial charge in [-0.3, -0.25) is 3.97 Å². The number of aromatic nitrogens is 1. The Hall–Kier alpha value is -1.40. The highest BCUT2D eigenvalue weighted by Crippen LogP contribution is 2.20. The molecule has 0 aliphatic carbocycles. The Morgan fingerprint density at radius 2 is 2.08 bits per heavy atom. The van der Waals surface area contributed by atoms with Gasteiger partial charge in [-0.25, -0.2) is 0 Å². The summed E-state index contributed by atoms with van der Waals surface area (Å²) in [6, 6.07) is 9.81. The van der Waals surface area contributed by atoms with Crippen molar-refractivity contribution in [2.75, 3.05) is 0 Å². The molecule has 2 nitrogen and oxygen atoms in total. The van der Waals surface area contributed by atoms with Crippen LogP contribution in [0, 0.1) is 11.3 Å². The second-order valence-corrected chi connectivity index (χ2v) is 2.95. The Bertz CT molecular complexity index is 465. The van der Waals surface area contributed by atoms with Crippen molar-refractivity contribution >= 4 is 23.7 Å². The summed E-state index contributed by atoms with van der Waals surface area (Å²) >= 11 is 4.19. The van der Waals surface area contributed by atoms with Crippen LogP contribution in [0.15, 0.2) is 30.5 Å². The molecule has 0 N–H and O–H groups in total. The summed E-state index contributed by atoms with van der Waals surface area (Å²) < 4.78 is 1.66. The quantitative estimate of drug-likeness (QED) is 0.609. The fourth-order valence-corrected chi connectivity index (χ4v) is 1.54. The zero-order valence-electron chi connectivity index (χ0n) is 6.23. The lowest BCUT2D eigenvalue weighted by molar-refractivity contribution is 1.36. The number of thiol groups is 1. The number of benzene rings is 1. The molecule has 0 aliphatic rings. The maximum Gasteiger partial charge on any atom is 0.101 e. The van der Waals surface area contributed by atoms with Gasteiger partial charge in [-0.05, 0) is 6.07 Å². The van der Waals surface area contributed by atoms with Crippen molar-refractivity contribution in [3.05, 3.63) is 36.0 Å². The first-order chi connectivity index (χ1) is 5.83. The summed E-state index contributed by atoms with van der Waals surface area (Å²) in [7, 11) is 0. The molecule has 0 saturated carbocycles. The molecule has 0 saturated heterocycles. The van der Waals surface area contributed by atoms with Gasteiger partial charge in [0, 0.05) is 11.6 Å². The molecule has 2 rings (SSSR count). The SMILES string of the molecule is N#Cc1cn(S)c2ccccc12. The number of nitrogens with zero attached hydrogens (tertiary/aromatic N) is 2. The van der Waals surface area contributed by atoms with Crippen LogP contribution in [0.25, 0.3) is 10.9 Å². The number of fused-ring (bicyclic) bond motifs is 1. The van der Waals surface area contributed by atoms with Gasteiger partial charge in [0.1, 0.15) is 6.07 Å². The highest BCUT2D eigenvalue weighted by Gasteiger charge is 2.03. The normalized spacial score (nSPS) is 10.0. The first-order valence-corrected chi connectivity index (χ1v) is 3.92. The third-order valence-electron chi connectivity index (χ3n) is 1.81. The minimum absolute atomic E-state index is 0.667. The predicted molar refractivity (Wildman–Crippen MR) is 51.0 cm³/mol. The number of rotatable bonds is 0. The van der Waals surface area contributed by atoms with E-state index in [0.717, 1.165) is 10.9 Å². The zero-order valence-corrected chi connectivity index (χ0v) is 7.12. The average Bonchev–Trinajstić information content (AvgIpc) is 2.44. The van der Waals surface area contributed by atoms with Gasteiger partial charge in [-0.15, -0.1) is 0 Å². The van der Waals surface area contributed by atoms with Crippen molar-refractivity contribution in [1.29, 1.82) is 5.26 Å². The van der Waals surface area contributed by atoms with Gasteiger partial charge in [0.25, 0.3) is 0 Å². The Morgan fingerprint density at radius 1 is 1.33 bits per heavy atom. The molecule has 58 valence electrons. The molecule has 0 atom stereocenters. The van der Waals surface area contributed by atoms with Gasteiger partial charge in [0.05, 0.1) is 11.1 Å². The lowest BCUT2D eigenvalue weighted by Crippen LogP contribution is -1.73. The van der Waals surface area contributed by atoms with Gasteiger partial charge in [0.2, 0.25) is 0 Å². The van der Waals surface area contributed by atoms with Crippen LogP contribution in [0.2, 0.25) is 0 Å². The molecule has 0 amide bonds. The molecule has 1 aromatic heterocycles. The average molecular weight is 174 g/mol. The molecule has 0 spiro atoms. The van der Waals surface area contributed by atoms with Gasteiger partial charge in [-0.1, -0.05) is 31.0 Å². The second-order valence-electron chi connectivity index (χ2n) is 2.52.